The molecule has 0 bridgehead atoms. The lowest BCUT2D eigenvalue weighted by atomic mass is 10.0. The van der Waals surface area contributed by atoms with Crippen molar-refractivity contribution in [1.82, 2.24) is 5.32 Å². The molecule has 2 N–H and O–H groups in total. The highest BCUT2D eigenvalue weighted by Gasteiger charge is 2.23. The van der Waals surface area contributed by atoms with Gasteiger partial charge < -0.3 is 15.4 Å². The molecule has 3 aromatic carbocycles. The van der Waals surface area contributed by atoms with Gasteiger partial charge in [-0.2, -0.15) is 0 Å². The Bertz CT molecular complexity index is 936. The highest BCUT2D eigenvalue weighted by Crippen LogP contribution is 2.19. The molecule has 0 saturated carbocycles. The van der Waals surface area contributed by atoms with Crippen LogP contribution in [0.1, 0.15) is 27.5 Å². The van der Waals surface area contributed by atoms with Gasteiger partial charge in [-0.3, -0.25) is 9.59 Å². The Labute approximate surface area is 164 Å². The number of carbonyl (C=O) groups is 2. The molecule has 3 rings (SSSR count). The van der Waals surface area contributed by atoms with E-state index in [1.165, 1.54) is 0 Å². The molecule has 0 saturated heterocycles. The number of carbonyl (C=O) groups excluding carboxylic acids is 2. The molecule has 5 heteroatoms. The third-order valence-electron chi connectivity index (χ3n) is 4.34. The van der Waals surface area contributed by atoms with E-state index in [4.69, 9.17) is 4.74 Å². The largest absolute Gasteiger partial charge is 0.497 e. The van der Waals surface area contributed by atoms with Gasteiger partial charge >= 0.3 is 0 Å². The van der Waals surface area contributed by atoms with Gasteiger partial charge in [0, 0.05) is 11.3 Å². The van der Waals surface area contributed by atoms with Crippen LogP contribution in [0, 0.1) is 6.92 Å². The lowest BCUT2D eigenvalue weighted by Crippen LogP contribution is -2.37. The molecule has 3 aromatic rings. The van der Waals surface area contributed by atoms with E-state index < -0.39 is 6.04 Å². The first-order valence-corrected chi connectivity index (χ1v) is 8.94. The van der Waals surface area contributed by atoms with E-state index in [9.17, 15) is 9.59 Å². The molecule has 0 aliphatic heterocycles. The number of nitrogens with one attached hydrogen (secondary N) is 2. The summed E-state index contributed by atoms with van der Waals surface area (Å²) in [5.74, 6) is 0.0702. The second-order valence-corrected chi connectivity index (χ2v) is 6.40. The van der Waals surface area contributed by atoms with E-state index in [-0.39, 0.29) is 11.8 Å². The fraction of sp³-hybridized carbons (Fsp3) is 0.130. The van der Waals surface area contributed by atoms with E-state index in [1.54, 1.807) is 43.5 Å². The van der Waals surface area contributed by atoms with Gasteiger partial charge in [-0.15, -0.1) is 0 Å². The Morgan fingerprint density at radius 2 is 1.50 bits per heavy atom. The van der Waals surface area contributed by atoms with Crippen LogP contribution < -0.4 is 15.4 Å². The third-order valence-corrected chi connectivity index (χ3v) is 4.34. The maximum atomic E-state index is 12.9. The van der Waals surface area contributed by atoms with Gasteiger partial charge in [0.05, 0.1) is 7.11 Å². The first kappa shape index (κ1) is 19.2. The normalized spacial score (nSPS) is 11.4. The van der Waals surface area contributed by atoms with Crippen LogP contribution in [0.5, 0.6) is 5.75 Å². The predicted octanol–water partition coefficient (Wildman–Crippen LogP) is 4.11. The molecular weight excluding hydrogens is 352 g/mol. The Morgan fingerprint density at radius 3 is 2.11 bits per heavy atom. The number of rotatable bonds is 6. The van der Waals surface area contributed by atoms with E-state index in [2.05, 4.69) is 10.6 Å². The van der Waals surface area contributed by atoms with Crippen LogP contribution in [0.15, 0.2) is 78.9 Å². The molecule has 2 amide bonds. The zero-order valence-corrected chi connectivity index (χ0v) is 15.8. The van der Waals surface area contributed by atoms with Crippen LogP contribution in [0.4, 0.5) is 5.69 Å². The minimum Gasteiger partial charge on any atom is -0.497 e. The van der Waals surface area contributed by atoms with Crippen molar-refractivity contribution in [3.05, 3.63) is 95.6 Å². The highest BCUT2D eigenvalue weighted by atomic mass is 16.5. The quantitative estimate of drug-likeness (QED) is 0.682. The molecule has 0 fully saturated rings. The van der Waals surface area contributed by atoms with Crippen LogP contribution in [-0.2, 0) is 4.79 Å². The summed E-state index contributed by atoms with van der Waals surface area (Å²) in [6.45, 7) is 1.96. The molecule has 0 radical (unpaired) electrons. The molecule has 0 aliphatic rings. The van der Waals surface area contributed by atoms with E-state index in [0.29, 0.717) is 22.6 Å². The summed E-state index contributed by atoms with van der Waals surface area (Å²) < 4.78 is 5.13. The molecule has 0 unspecified atom stereocenters. The van der Waals surface area contributed by atoms with Crippen LogP contribution in [0.25, 0.3) is 0 Å². The Hall–Kier alpha value is -3.60. The fourth-order valence-corrected chi connectivity index (χ4v) is 2.75. The summed E-state index contributed by atoms with van der Waals surface area (Å²) in [4.78, 5) is 25.6. The molecule has 0 aromatic heterocycles. The standard InChI is InChI=1S/C23H22N2O3/c1-16-8-10-18(11-9-16)22(26)25-21(17-6-4-3-5-7-17)23(27)24-19-12-14-20(28-2)15-13-19/h3-15,21H,1-2H3,(H,24,27)(H,25,26)/t21-/m1/s1. The zero-order chi connectivity index (χ0) is 19.9. The Kier molecular flexibility index (Phi) is 6.07. The lowest BCUT2D eigenvalue weighted by Gasteiger charge is -2.19. The number of hydrogen-bond donors (Lipinski definition) is 2. The average molecular weight is 374 g/mol. The summed E-state index contributed by atoms with van der Waals surface area (Å²) in [5.41, 5.74) is 2.89. The Morgan fingerprint density at radius 1 is 0.857 bits per heavy atom. The van der Waals surface area contributed by atoms with Gasteiger partial charge in [-0.25, -0.2) is 0 Å². The van der Waals surface area contributed by atoms with Gasteiger partial charge in [-0.1, -0.05) is 48.0 Å². The predicted molar refractivity (Wildman–Crippen MR) is 109 cm³/mol. The number of benzene rings is 3. The highest BCUT2D eigenvalue weighted by molar-refractivity contribution is 6.01. The van der Waals surface area contributed by atoms with E-state index in [1.807, 2.05) is 49.4 Å². The molecule has 0 heterocycles. The smallest absolute Gasteiger partial charge is 0.252 e. The molecular formula is C23H22N2O3. The van der Waals surface area contributed by atoms with Crippen LogP contribution in [-0.4, -0.2) is 18.9 Å². The van der Waals surface area contributed by atoms with Gasteiger partial charge in [0.2, 0.25) is 0 Å². The van der Waals surface area contributed by atoms with E-state index >= 15 is 0 Å². The van der Waals surface area contributed by atoms with Crippen molar-refractivity contribution in [1.29, 1.82) is 0 Å². The number of ether oxygens (including phenoxy) is 1. The first-order valence-electron chi connectivity index (χ1n) is 8.94. The summed E-state index contributed by atoms with van der Waals surface area (Å²) in [6, 6.07) is 22.6. The van der Waals surface area contributed by atoms with Gasteiger partial charge in [-0.05, 0) is 48.9 Å². The zero-order valence-electron chi connectivity index (χ0n) is 15.8. The number of aryl methyl sites for hydroxylation is 1. The fourth-order valence-electron chi connectivity index (χ4n) is 2.75. The molecule has 5 nitrogen and oxygen atoms in total. The maximum Gasteiger partial charge on any atom is 0.252 e. The number of amides is 2. The minimum absolute atomic E-state index is 0.307. The van der Waals surface area contributed by atoms with Crippen LogP contribution in [0.2, 0.25) is 0 Å². The van der Waals surface area contributed by atoms with Gasteiger partial charge in [0.1, 0.15) is 11.8 Å². The van der Waals surface area contributed by atoms with Gasteiger partial charge in [0.25, 0.3) is 11.8 Å². The summed E-state index contributed by atoms with van der Waals surface area (Å²) in [5, 5.41) is 5.68. The van der Waals surface area contributed by atoms with E-state index in [0.717, 1.165) is 5.56 Å². The number of methoxy groups -OCH3 is 1. The van der Waals surface area contributed by atoms with Crippen molar-refractivity contribution >= 4 is 17.5 Å². The summed E-state index contributed by atoms with van der Waals surface area (Å²) in [7, 11) is 1.58. The summed E-state index contributed by atoms with van der Waals surface area (Å²) >= 11 is 0. The lowest BCUT2D eigenvalue weighted by molar-refractivity contribution is -0.118. The van der Waals surface area contributed by atoms with Crippen LogP contribution in [0.3, 0.4) is 0 Å². The van der Waals surface area contributed by atoms with Crippen molar-refractivity contribution < 1.29 is 14.3 Å². The SMILES string of the molecule is COc1ccc(NC(=O)[C@H](NC(=O)c2ccc(C)cc2)c2ccccc2)cc1. The average Bonchev–Trinajstić information content (AvgIpc) is 2.73. The molecule has 0 spiro atoms. The maximum absolute atomic E-state index is 12.9. The second-order valence-electron chi connectivity index (χ2n) is 6.40. The minimum atomic E-state index is -0.822. The number of hydrogen-bond acceptors (Lipinski definition) is 3. The monoisotopic (exact) mass is 374 g/mol. The van der Waals surface area contributed by atoms with Crippen molar-refractivity contribution in [3.63, 3.8) is 0 Å². The Balaban J connectivity index is 1.81. The van der Waals surface area contributed by atoms with Gasteiger partial charge in [0.15, 0.2) is 0 Å². The first-order chi connectivity index (χ1) is 13.6. The van der Waals surface area contributed by atoms with Crippen molar-refractivity contribution in [3.8, 4) is 5.75 Å². The molecule has 1 atom stereocenters. The van der Waals surface area contributed by atoms with Crippen LogP contribution >= 0.6 is 0 Å². The third kappa shape index (κ3) is 4.76. The number of anilines is 1. The van der Waals surface area contributed by atoms with Crippen molar-refractivity contribution in [2.75, 3.05) is 12.4 Å². The molecule has 0 aliphatic carbocycles. The topological polar surface area (TPSA) is 67.4 Å². The summed E-state index contributed by atoms with van der Waals surface area (Å²) in [6.07, 6.45) is 0. The molecule has 142 valence electrons. The van der Waals surface area contributed by atoms with Crippen molar-refractivity contribution in [2.24, 2.45) is 0 Å². The second kappa shape index (κ2) is 8.86. The van der Waals surface area contributed by atoms with Crippen molar-refractivity contribution in [2.45, 2.75) is 13.0 Å². The molecule has 28 heavy (non-hydrogen) atoms.